The highest BCUT2D eigenvalue weighted by atomic mass is 35.5. The first-order chi connectivity index (χ1) is 8.65. The van der Waals surface area contributed by atoms with Gasteiger partial charge in [-0.05, 0) is 19.2 Å². The largest absolute Gasteiger partial charge is 0.506 e. The van der Waals surface area contributed by atoms with Crippen LogP contribution in [0.5, 0.6) is 11.5 Å². The van der Waals surface area contributed by atoms with Gasteiger partial charge in [-0.25, -0.2) is 0 Å². The van der Waals surface area contributed by atoms with E-state index in [4.69, 9.17) is 16.3 Å². The van der Waals surface area contributed by atoms with Gasteiger partial charge in [0.1, 0.15) is 18.1 Å². The minimum atomic E-state index is 0.0862. The summed E-state index contributed by atoms with van der Waals surface area (Å²) in [6.45, 7) is 5.99. The van der Waals surface area contributed by atoms with Crippen molar-refractivity contribution >= 4 is 11.6 Å². The number of likely N-dealkylation sites (N-methyl/N-ethyl adjacent to an activating group) is 1. The minimum absolute atomic E-state index is 0.0862. The molecule has 1 aromatic rings. The second-order valence-corrected chi connectivity index (χ2v) is 5.01. The Balaban J connectivity index is 1.73. The van der Waals surface area contributed by atoms with Gasteiger partial charge >= 0.3 is 0 Å². The lowest BCUT2D eigenvalue weighted by atomic mass is 10.3. The Morgan fingerprint density at radius 2 is 2.00 bits per heavy atom. The zero-order chi connectivity index (χ0) is 13.0. The molecular weight excluding hydrogens is 252 g/mol. The molecule has 1 fully saturated rings. The summed E-state index contributed by atoms with van der Waals surface area (Å²) in [5, 5.41) is 9.62. The van der Waals surface area contributed by atoms with Gasteiger partial charge in [0.25, 0.3) is 0 Å². The Hall–Kier alpha value is -0.970. The molecule has 2 rings (SSSR count). The number of ether oxygens (including phenoxy) is 1. The summed E-state index contributed by atoms with van der Waals surface area (Å²) in [5.74, 6) is 0.787. The molecule has 0 aliphatic carbocycles. The average molecular weight is 271 g/mol. The van der Waals surface area contributed by atoms with E-state index in [9.17, 15) is 5.11 Å². The first kappa shape index (κ1) is 13.5. The van der Waals surface area contributed by atoms with E-state index < -0.39 is 0 Å². The standard InChI is InChI=1S/C13H19ClN2O2/c1-15-4-6-16(7-5-15)8-9-18-11-2-3-13(17)12(14)10-11/h2-3,10,17H,4-9H2,1H3. The predicted octanol–water partition coefficient (Wildman–Crippen LogP) is 1.67. The number of hydrogen-bond donors (Lipinski definition) is 1. The van der Waals surface area contributed by atoms with E-state index in [1.165, 1.54) is 0 Å². The van der Waals surface area contributed by atoms with Crippen molar-refractivity contribution in [3.05, 3.63) is 23.2 Å². The summed E-state index contributed by atoms with van der Waals surface area (Å²) in [6, 6.07) is 4.92. The highest BCUT2D eigenvalue weighted by molar-refractivity contribution is 6.32. The number of hydrogen-bond acceptors (Lipinski definition) is 4. The summed E-state index contributed by atoms with van der Waals surface area (Å²) in [7, 11) is 2.15. The molecule has 4 nitrogen and oxygen atoms in total. The molecule has 1 N–H and O–H groups in total. The SMILES string of the molecule is CN1CCN(CCOc2ccc(O)c(Cl)c2)CC1. The number of rotatable bonds is 4. The second-order valence-electron chi connectivity index (χ2n) is 4.61. The topological polar surface area (TPSA) is 35.9 Å². The molecule has 18 heavy (non-hydrogen) atoms. The Morgan fingerprint density at radius 3 is 2.67 bits per heavy atom. The Kier molecular flexibility index (Phi) is 4.69. The fourth-order valence-corrected chi connectivity index (χ4v) is 2.11. The average Bonchev–Trinajstić information content (AvgIpc) is 2.36. The molecule has 1 aliphatic rings. The van der Waals surface area contributed by atoms with Crippen LogP contribution in [0.2, 0.25) is 5.02 Å². The molecule has 0 unspecified atom stereocenters. The number of phenolic OH excluding ortho intramolecular Hbond substituents is 1. The van der Waals surface area contributed by atoms with Crippen molar-refractivity contribution in [1.82, 2.24) is 9.80 Å². The van der Waals surface area contributed by atoms with E-state index in [0.29, 0.717) is 17.4 Å². The molecule has 1 aliphatic heterocycles. The molecule has 1 saturated heterocycles. The van der Waals surface area contributed by atoms with Crippen LogP contribution < -0.4 is 4.74 Å². The maximum atomic E-state index is 9.30. The van der Waals surface area contributed by atoms with Gasteiger partial charge in [0.05, 0.1) is 5.02 Å². The summed E-state index contributed by atoms with van der Waals surface area (Å²) >= 11 is 5.81. The predicted molar refractivity (Wildman–Crippen MR) is 72.5 cm³/mol. The minimum Gasteiger partial charge on any atom is -0.506 e. The molecule has 0 bridgehead atoms. The van der Waals surface area contributed by atoms with Crippen molar-refractivity contribution in [1.29, 1.82) is 0 Å². The molecule has 1 aromatic carbocycles. The van der Waals surface area contributed by atoms with Gasteiger partial charge in [-0.2, -0.15) is 0 Å². The first-order valence-electron chi connectivity index (χ1n) is 6.17. The van der Waals surface area contributed by atoms with Crippen LogP contribution >= 0.6 is 11.6 Å². The lowest BCUT2D eigenvalue weighted by molar-refractivity contribution is 0.133. The number of piperazine rings is 1. The first-order valence-corrected chi connectivity index (χ1v) is 6.55. The quantitative estimate of drug-likeness (QED) is 0.903. The van der Waals surface area contributed by atoms with Crippen LogP contribution in [0.3, 0.4) is 0 Å². The van der Waals surface area contributed by atoms with Crippen LogP contribution in [0.15, 0.2) is 18.2 Å². The summed E-state index contributed by atoms with van der Waals surface area (Å²) < 4.78 is 5.62. The zero-order valence-corrected chi connectivity index (χ0v) is 11.4. The fourth-order valence-electron chi connectivity index (χ4n) is 1.94. The van der Waals surface area contributed by atoms with E-state index in [2.05, 4.69) is 16.8 Å². The highest BCUT2D eigenvalue weighted by Gasteiger charge is 2.13. The maximum Gasteiger partial charge on any atom is 0.134 e. The van der Waals surface area contributed by atoms with E-state index in [0.717, 1.165) is 32.7 Å². The molecule has 5 heteroatoms. The highest BCUT2D eigenvalue weighted by Crippen LogP contribution is 2.27. The Morgan fingerprint density at radius 1 is 1.28 bits per heavy atom. The van der Waals surface area contributed by atoms with Crippen molar-refractivity contribution in [2.24, 2.45) is 0 Å². The van der Waals surface area contributed by atoms with E-state index in [-0.39, 0.29) is 5.75 Å². The van der Waals surface area contributed by atoms with Crippen LogP contribution in [0, 0.1) is 0 Å². The summed E-state index contributed by atoms with van der Waals surface area (Å²) in [4.78, 5) is 4.72. The molecule has 0 atom stereocenters. The third-order valence-corrected chi connectivity index (χ3v) is 3.49. The molecule has 0 radical (unpaired) electrons. The van der Waals surface area contributed by atoms with Crippen LogP contribution in [0.25, 0.3) is 0 Å². The summed E-state index contributed by atoms with van der Waals surface area (Å²) in [5.41, 5.74) is 0. The van der Waals surface area contributed by atoms with Crippen LogP contribution in [-0.4, -0.2) is 61.3 Å². The van der Waals surface area contributed by atoms with Crippen LogP contribution in [0.1, 0.15) is 0 Å². The number of aromatic hydroxyl groups is 1. The Bertz CT molecular complexity index is 393. The second kappa shape index (κ2) is 6.27. The van der Waals surface area contributed by atoms with E-state index in [1.54, 1.807) is 18.2 Å². The number of nitrogens with zero attached hydrogens (tertiary/aromatic N) is 2. The van der Waals surface area contributed by atoms with Crippen molar-refractivity contribution in [2.45, 2.75) is 0 Å². The van der Waals surface area contributed by atoms with Crippen molar-refractivity contribution in [3.8, 4) is 11.5 Å². The molecule has 0 amide bonds. The van der Waals surface area contributed by atoms with Crippen LogP contribution in [0.4, 0.5) is 0 Å². The van der Waals surface area contributed by atoms with Gasteiger partial charge in [-0.3, -0.25) is 4.90 Å². The molecule has 0 saturated carbocycles. The lowest BCUT2D eigenvalue weighted by Crippen LogP contribution is -2.45. The fraction of sp³-hybridized carbons (Fsp3) is 0.538. The summed E-state index contributed by atoms with van der Waals surface area (Å²) in [6.07, 6.45) is 0. The van der Waals surface area contributed by atoms with Crippen LogP contribution in [-0.2, 0) is 0 Å². The monoisotopic (exact) mass is 270 g/mol. The van der Waals surface area contributed by atoms with Gasteiger partial charge in [0.2, 0.25) is 0 Å². The molecule has 0 aromatic heterocycles. The molecular formula is C13H19ClN2O2. The van der Waals surface area contributed by atoms with Gasteiger partial charge in [-0.1, -0.05) is 11.6 Å². The number of phenols is 1. The van der Waals surface area contributed by atoms with Gasteiger partial charge in [0.15, 0.2) is 0 Å². The van der Waals surface area contributed by atoms with Crippen molar-refractivity contribution in [3.63, 3.8) is 0 Å². The lowest BCUT2D eigenvalue weighted by Gasteiger charge is -2.32. The zero-order valence-electron chi connectivity index (χ0n) is 10.6. The van der Waals surface area contributed by atoms with Gasteiger partial charge in [0, 0.05) is 38.8 Å². The van der Waals surface area contributed by atoms with E-state index in [1.807, 2.05) is 0 Å². The van der Waals surface area contributed by atoms with Crippen molar-refractivity contribution < 1.29 is 9.84 Å². The molecule has 1 heterocycles. The smallest absolute Gasteiger partial charge is 0.134 e. The number of halogens is 1. The third kappa shape index (κ3) is 3.77. The maximum absolute atomic E-state index is 9.30. The number of benzene rings is 1. The van der Waals surface area contributed by atoms with Gasteiger partial charge in [-0.15, -0.1) is 0 Å². The van der Waals surface area contributed by atoms with Crippen molar-refractivity contribution in [2.75, 3.05) is 46.4 Å². The van der Waals surface area contributed by atoms with Gasteiger partial charge < -0.3 is 14.7 Å². The normalized spacial score (nSPS) is 17.9. The molecule has 100 valence electrons. The third-order valence-electron chi connectivity index (χ3n) is 3.19. The molecule has 0 spiro atoms. The Labute approximate surface area is 113 Å². The van der Waals surface area contributed by atoms with E-state index >= 15 is 0 Å².